The third-order valence-electron chi connectivity index (χ3n) is 8.69. The maximum Gasteiger partial charge on any atom is 0.389 e. The normalized spacial score (nSPS) is 17.0. The number of fused-ring (bicyclic) bond motifs is 1. The minimum Gasteiger partial charge on any atom is -0.376 e. The summed E-state index contributed by atoms with van der Waals surface area (Å²) in [5.41, 5.74) is 5.81. The summed E-state index contributed by atoms with van der Waals surface area (Å²) >= 11 is 0. The summed E-state index contributed by atoms with van der Waals surface area (Å²) in [6.07, 6.45) is 1.93. The Morgan fingerprint density at radius 1 is 1.04 bits per heavy atom. The number of alkyl halides is 3. The van der Waals surface area contributed by atoms with Crippen molar-refractivity contribution in [2.45, 2.75) is 44.2 Å². The predicted molar refractivity (Wildman–Crippen MR) is 174 cm³/mol. The van der Waals surface area contributed by atoms with Gasteiger partial charge in [0.15, 0.2) is 5.65 Å². The van der Waals surface area contributed by atoms with Gasteiger partial charge in [0.1, 0.15) is 0 Å². The average molecular weight is 647 g/mol. The fourth-order valence-corrected chi connectivity index (χ4v) is 6.07. The topological polar surface area (TPSA) is 99.0 Å². The molecule has 1 atom stereocenters. The van der Waals surface area contributed by atoms with Gasteiger partial charge in [-0.3, -0.25) is 14.6 Å². The molecule has 1 saturated heterocycles. The van der Waals surface area contributed by atoms with E-state index in [0.29, 0.717) is 43.2 Å². The minimum atomic E-state index is -4.35. The molecule has 0 saturated carbocycles. The molecule has 6 rings (SSSR count). The zero-order valence-electron chi connectivity index (χ0n) is 26.4. The molecule has 13 heteroatoms. The van der Waals surface area contributed by atoms with Gasteiger partial charge in [-0.25, -0.2) is 4.52 Å². The number of anilines is 3. The highest BCUT2D eigenvalue weighted by Crippen LogP contribution is 2.30. The third-order valence-corrected chi connectivity index (χ3v) is 8.69. The second-order valence-corrected chi connectivity index (χ2v) is 12.2. The first-order valence-electron chi connectivity index (χ1n) is 15.7. The van der Waals surface area contributed by atoms with Crippen LogP contribution in [0.1, 0.15) is 59.6 Å². The summed E-state index contributed by atoms with van der Waals surface area (Å²) < 4.78 is 39.3. The highest BCUT2D eigenvalue weighted by Gasteiger charge is 2.30. The molecular formula is C34H37F3N8O2. The van der Waals surface area contributed by atoms with Crippen LogP contribution in [0.4, 0.5) is 30.5 Å². The minimum absolute atomic E-state index is 0.0111. The highest BCUT2D eigenvalue weighted by atomic mass is 19.4. The van der Waals surface area contributed by atoms with Crippen molar-refractivity contribution in [2.75, 3.05) is 50.5 Å². The number of halogens is 3. The van der Waals surface area contributed by atoms with Crippen LogP contribution in [0.15, 0.2) is 67.0 Å². The molecule has 4 aromatic rings. The molecule has 3 aromatic heterocycles. The monoisotopic (exact) mass is 646 g/mol. The lowest BCUT2D eigenvalue weighted by Gasteiger charge is -2.32. The van der Waals surface area contributed by atoms with Gasteiger partial charge in [0.25, 0.3) is 5.91 Å². The number of carbonyl (C=O) groups is 2. The van der Waals surface area contributed by atoms with E-state index in [9.17, 15) is 22.8 Å². The van der Waals surface area contributed by atoms with Crippen molar-refractivity contribution in [3.05, 3.63) is 83.8 Å². The molecule has 2 amide bonds. The number of nitrogens with zero attached hydrogens (tertiary/aromatic N) is 7. The smallest absolute Gasteiger partial charge is 0.376 e. The number of aromatic nitrogens is 4. The second kappa shape index (κ2) is 13.4. The lowest BCUT2D eigenvalue weighted by Crippen LogP contribution is -2.39. The molecule has 1 fully saturated rings. The van der Waals surface area contributed by atoms with Gasteiger partial charge in [0.05, 0.1) is 18.3 Å². The van der Waals surface area contributed by atoms with Crippen molar-refractivity contribution in [1.82, 2.24) is 29.4 Å². The Bertz CT molecular complexity index is 1770. The lowest BCUT2D eigenvalue weighted by molar-refractivity contribution is -0.148. The zero-order valence-corrected chi connectivity index (χ0v) is 26.4. The van der Waals surface area contributed by atoms with Crippen LogP contribution in [-0.2, 0) is 4.79 Å². The van der Waals surface area contributed by atoms with Crippen LogP contribution in [0.25, 0.3) is 11.2 Å². The summed E-state index contributed by atoms with van der Waals surface area (Å²) in [4.78, 5) is 40.4. The van der Waals surface area contributed by atoms with E-state index in [-0.39, 0.29) is 18.4 Å². The van der Waals surface area contributed by atoms with Crippen molar-refractivity contribution < 1.29 is 22.8 Å². The number of rotatable bonds is 8. The van der Waals surface area contributed by atoms with Gasteiger partial charge in [-0.05, 0) is 73.4 Å². The first-order chi connectivity index (χ1) is 22.5. The SMILES string of the molecule is CN(C)c1ccc(C2CCCN(C(=O)c3ccc(Nc4nc5c(C6=CCN(C(=O)CCC(F)(F)F)CC6)cccn5n4)cc3)C2)nc1. The van der Waals surface area contributed by atoms with E-state index < -0.39 is 24.9 Å². The number of likely N-dealkylation sites (tertiary alicyclic amines) is 1. The standard InChI is InChI=1S/C34H37F3N8O2/c1-42(2)27-11-12-29(38-21-27)25-5-3-17-44(22-25)32(47)24-7-9-26(10-8-24)39-33-40-31-28(6-4-18-45(31)41-33)23-14-19-43(20-15-23)30(46)13-16-34(35,36)37/h4,6-12,14,18,21,25H,3,5,13,15-17,19-20,22H2,1-2H3,(H,39,41). The van der Waals surface area contributed by atoms with Gasteiger partial charge in [-0.1, -0.05) is 6.08 Å². The summed E-state index contributed by atoms with van der Waals surface area (Å²) in [5.74, 6) is 0.0671. The van der Waals surface area contributed by atoms with E-state index in [1.807, 2.05) is 60.4 Å². The number of carbonyl (C=O) groups excluding carboxylic acids is 2. The van der Waals surface area contributed by atoms with E-state index in [4.69, 9.17) is 0 Å². The molecule has 5 heterocycles. The number of pyridine rings is 2. The number of piperidine rings is 1. The number of hydrogen-bond donors (Lipinski definition) is 1. The summed E-state index contributed by atoms with van der Waals surface area (Å²) in [7, 11) is 3.97. The van der Waals surface area contributed by atoms with E-state index in [2.05, 4.69) is 32.5 Å². The van der Waals surface area contributed by atoms with Crippen molar-refractivity contribution in [1.29, 1.82) is 0 Å². The van der Waals surface area contributed by atoms with Crippen LogP contribution < -0.4 is 10.2 Å². The average Bonchev–Trinajstić information content (AvgIpc) is 3.50. The molecule has 10 nitrogen and oxygen atoms in total. The fourth-order valence-electron chi connectivity index (χ4n) is 6.07. The Balaban J connectivity index is 1.09. The van der Waals surface area contributed by atoms with Gasteiger partial charge < -0.3 is 20.0 Å². The first kappa shape index (κ1) is 32.0. The third kappa shape index (κ3) is 7.55. The van der Waals surface area contributed by atoms with E-state index >= 15 is 0 Å². The van der Waals surface area contributed by atoms with Crippen molar-refractivity contribution >= 4 is 40.4 Å². The Morgan fingerprint density at radius 3 is 2.53 bits per heavy atom. The number of nitrogens with one attached hydrogen (secondary N) is 1. The first-order valence-corrected chi connectivity index (χ1v) is 15.7. The lowest BCUT2D eigenvalue weighted by atomic mass is 9.93. The largest absolute Gasteiger partial charge is 0.389 e. The molecule has 0 spiro atoms. The van der Waals surface area contributed by atoms with E-state index in [1.54, 1.807) is 22.8 Å². The van der Waals surface area contributed by atoms with Crippen molar-refractivity contribution in [3.63, 3.8) is 0 Å². The molecule has 246 valence electrons. The van der Waals surface area contributed by atoms with Crippen LogP contribution in [0.2, 0.25) is 0 Å². The molecule has 0 radical (unpaired) electrons. The second-order valence-electron chi connectivity index (χ2n) is 12.2. The maximum absolute atomic E-state index is 13.4. The summed E-state index contributed by atoms with van der Waals surface area (Å²) in [6, 6.07) is 15.1. The van der Waals surface area contributed by atoms with Crippen LogP contribution in [0.3, 0.4) is 0 Å². The Morgan fingerprint density at radius 2 is 1.85 bits per heavy atom. The van der Waals surface area contributed by atoms with E-state index in [0.717, 1.165) is 41.0 Å². The maximum atomic E-state index is 13.4. The fraction of sp³-hybridized carbons (Fsp3) is 0.382. The summed E-state index contributed by atoms with van der Waals surface area (Å²) in [6.45, 7) is 1.92. The Hall–Kier alpha value is -4.94. The number of hydrogen-bond acceptors (Lipinski definition) is 7. The van der Waals surface area contributed by atoms with Gasteiger partial charge in [-0.15, -0.1) is 5.10 Å². The van der Waals surface area contributed by atoms with Crippen molar-refractivity contribution in [2.24, 2.45) is 0 Å². The molecule has 1 N–H and O–H groups in total. The van der Waals surface area contributed by atoms with Crippen LogP contribution in [0, 0.1) is 0 Å². The molecule has 2 aliphatic rings. The van der Waals surface area contributed by atoms with Gasteiger partial charge in [-0.2, -0.15) is 18.2 Å². The molecule has 0 aliphatic carbocycles. The Kier molecular flexibility index (Phi) is 9.15. The van der Waals surface area contributed by atoms with Gasteiger partial charge in [0, 0.05) is 81.3 Å². The number of amides is 2. The van der Waals surface area contributed by atoms with E-state index in [1.165, 1.54) is 4.90 Å². The zero-order chi connectivity index (χ0) is 33.1. The molecule has 47 heavy (non-hydrogen) atoms. The molecule has 1 unspecified atom stereocenters. The molecular weight excluding hydrogens is 609 g/mol. The molecule has 2 aliphatic heterocycles. The quantitative estimate of drug-likeness (QED) is 0.254. The summed E-state index contributed by atoms with van der Waals surface area (Å²) in [5, 5.41) is 7.76. The predicted octanol–water partition coefficient (Wildman–Crippen LogP) is 5.91. The van der Waals surface area contributed by atoms with Gasteiger partial charge >= 0.3 is 6.18 Å². The van der Waals surface area contributed by atoms with Crippen LogP contribution >= 0.6 is 0 Å². The molecule has 0 bridgehead atoms. The number of benzene rings is 1. The van der Waals surface area contributed by atoms with Gasteiger partial charge in [0.2, 0.25) is 11.9 Å². The Labute approximate surface area is 270 Å². The highest BCUT2D eigenvalue weighted by molar-refractivity contribution is 5.94. The van der Waals surface area contributed by atoms with Crippen LogP contribution in [-0.4, -0.2) is 87.6 Å². The van der Waals surface area contributed by atoms with Crippen molar-refractivity contribution in [3.8, 4) is 0 Å². The van der Waals surface area contributed by atoms with Crippen LogP contribution in [0.5, 0.6) is 0 Å². The molecule has 1 aromatic carbocycles.